The summed E-state index contributed by atoms with van der Waals surface area (Å²) in [4.78, 5) is 16.4. The Morgan fingerprint density at radius 1 is 0.973 bits per heavy atom. The largest absolute Gasteiger partial charge is 0.442 e. The molecule has 6 heteroatoms. The molecule has 1 aromatic heterocycles. The van der Waals surface area contributed by atoms with E-state index in [1.54, 1.807) is 26.8 Å². The lowest BCUT2D eigenvalue weighted by molar-refractivity contribution is -0.157. The van der Waals surface area contributed by atoms with E-state index >= 15 is 4.39 Å². The Morgan fingerprint density at radius 3 is 2.38 bits per heavy atom. The summed E-state index contributed by atoms with van der Waals surface area (Å²) in [5.74, 6) is 0.632. The highest BCUT2D eigenvalue weighted by Crippen LogP contribution is 2.31. The Bertz CT molecular complexity index is 1390. The molecule has 0 saturated heterocycles. The van der Waals surface area contributed by atoms with E-state index < -0.39 is 5.41 Å². The number of hydrogen-bond donors (Lipinski definition) is 0. The Morgan fingerprint density at radius 2 is 1.68 bits per heavy atom. The lowest BCUT2D eigenvalue weighted by Crippen LogP contribution is -2.24. The van der Waals surface area contributed by atoms with Crippen LogP contribution in [0.15, 0.2) is 73.1 Å². The molecule has 0 N–H and O–H groups in total. The molecule has 0 radical (unpaired) electrons. The first-order chi connectivity index (χ1) is 17.8. The van der Waals surface area contributed by atoms with Crippen LogP contribution in [0.3, 0.4) is 0 Å². The van der Waals surface area contributed by atoms with Crippen molar-refractivity contribution in [2.75, 3.05) is 0 Å². The topological polar surface area (TPSA) is 57.0 Å². The van der Waals surface area contributed by atoms with Gasteiger partial charge in [-0.15, -0.1) is 5.10 Å². The number of aryl methyl sites for hydroxylation is 1. The van der Waals surface area contributed by atoms with E-state index in [2.05, 4.69) is 34.3 Å². The van der Waals surface area contributed by atoms with Crippen LogP contribution < -0.4 is 0 Å². The van der Waals surface area contributed by atoms with Gasteiger partial charge in [0.25, 0.3) is 0 Å². The summed E-state index contributed by atoms with van der Waals surface area (Å²) in [7, 11) is 0. The van der Waals surface area contributed by atoms with Gasteiger partial charge in [-0.1, -0.05) is 54.6 Å². The van der Waals surface area contributed by atoms with E-state index in [4.69, 9.17) is 4.74 Å². The lowest BCUT2D eigenvalue weighted by atomic mass is 9.95. The predicted molar refractivity (Wildman–Crippen MR) is 142 cm³/mol. The van der Waals surface area contributed by atoms with Gasteiger partial charge in [0.15, 0.2) is 12.6 Å². The standard InChI is InChI=1S/C31H32FN3O2/c1-31(2,3)30(36)37-20-35-19-33-29(34-35)27-10-6-9-25(17-27)26-14-13-22(28(32)18-26)12-11-21-15-23-7-4-5-8-24(23)16-21/h4-10,13-14,17-19,21H,11-12,15-16,20H2,1-3H3. The Balaban J connectivity index is 1.23. The SMILES string of the molecule is CC(C)(C)C(=O)OCn1cnc(-c2cccc(-c3ccc(CCC4Cc5ccccc5C4)c(F)c3)c2)n1. The maximum Gasteiger partial charge on any atom is 0.313 e. The van der Waals surface area contributed by atoms with Gasteiger partial charge in [0.2, 0.25) is 0 Å². The number of aromatic nitrogens is 3. The molecule has 1 heterocycles. The number of carbonyl (C=O) groups excluding carboxylic acids is 1. The lowest BCUT2D eigenvalue weighted by Gasteiger charge is -2.16. The number of hydrogen-bond acceptors (Lipinski definition) is 4. The number of benzene rings is 3. The van der Waals surface area contributed by atoms with Crippen LogP contribution in [0.5, 0.6) is 0 Å². The third-order valence-electron chi connectivity index (χ3n) is 6.94. The number of rotatable bonds is 7. The molecule has 5 rings (SSSR count). The molecular formula is C31H32FN3O2. The second-order valence-corrected chi connectivity index (χ2v) is 10.9. The Labute approximate surface area is 217 Å². The summed E-state index contributed by atoms with van der Waals surface area (Å²) < 4.78 is 21.9. The van der Waals surface area contributed by atoms with Crippen LogP contribution in [0.2, 0.25) is 0 Å². The maximum atomic E-state index is 15.1. The van der Waals surface area contributed by atoms with Crippen molar-refractivity contribution < 1.29 is 13.9 Å². The van der Waals surface area contributed by atoms with Crippen molar-refractivity contribution in [3.8, 4) is 22.5 Å². The van der Waals surface area contributed by atoms with Crippen LogP contribution in [-0.2, 0) is 35.5 Å². The molecule has 0 unspecified atom stereocenters. The molecule has 5 nitrogen and oxygen atoms in total. The van der Waals surface area contributed by atoms with Gasteiger partial charge >= 0.3 is 5.97 Å². The molecule has 0 aliphatic heterocycles. The van der Waals surface area contributed by atoms with Crippen LogP contribution in [0.25, 0.3) is 22.5 Å². The normalized spacial score (nSPS) is 13.5. The summed E-state index contributed by atoms with van der Waals surface area (Å²) in [6.07, 6.45) is 5.44. The highest BCUT2D eigenvalue weighted by atomic mass is 19.1. The van der Waals surface area contributed by atoms with E-state index in [0.717, 1.165) is 47.9 Å². The minimum absolute atomic E-state index is 0.00239. The van der Waals surface area contributed by atoms with E-state index in [-0.39, 0.29) is 18.5 Å². The van der Waals surface area contributed by atoms with Crippen molar-refractivity contribution in [1.82, 2.24) is 14.8 Å². The monoisotopic (exact) mass is 497 g/mol. The molecule has 0 atom stereocenters. The van der Waals surface area contributed by atoms with Gasteiger partial charge < -0.3 is 4.74 Å². The average molecular weight is 498 g/mol. The highest BCUT2D eigenvalue weighted by Gasteiger charge is 2.23. The fraction of sp³-hybridized carbons (Fsp3) is 0.323. The highest BCUT2D eigenvalue weighted by molar-refractivity contribution is 5.75. The van der Waals surface area contributed by atoms with E-state index in [0.29, 0.717) is 11.7 Å². The van der Waals surface area contributed by atoms with Crippen molar-refractivity contribution in [1.29, 1.82) is 0 Å². The van der Waals surface area contributed by atoms with Gasteiger partial charge in [-0.2, -0.15) is 0 Å². The fourth-order valence-corrected chi connectivity index (χ4v) is 4.81. The number of ether oxygens (including phenoxy) is 1. The molecule has 0 fully saturated rings. The van der Waals surface area contributed by atoms with E-state index in [1.807, 2.05) is 36.4 Å². The third-order valence-corrected chi connectivity index (χ3v) is 6.94. The summed E-state index contributed by atoms with van der Waals surface area (Å²) in [5.41, 5.74) is 5.58. The smallest absolute Gasteiger partial charge is 0.313 e. The molecular weight excluding hydrogens is 465 g/mol. The maximum absolute atomic E-state index is 15.1. The number of fused-ring (bicyclic) bond motifs is 1. The molecule has 0 spiro atoms. The van der Waals surface area contributed by atoms with Crippen LogP contribution in [0.1, 0.15) is 43.9 Å². The Hall–Kier alpha value is -3.80. The quantitative estimate of drug-likeness (QED) is 0.268. The number of carbonyl (C=O) groups is 1. The number of esters is 1. The second kappa shape index (κ2) is 10.3. The summed E-state index contributed by atoms with van der Waals surface area (Å²) in [6, 6.07) is 21.9. The zero-order chi connectivity index (χ0) is 26.0. The first-order valence-electron chi connectivity index (χ1n) is 12.8. The molecule has 4 aromatic rings. The minimum Gasteiger partial charge on any atom is -0.442 e. The molecule has 0 amide bonds. The van der Waals surface area contributed by atoms with Gasteiger partial charge in [-0.3, -0.25) is 4.79 Å². The zero-order valence-electron chi connectivity index (χ0n) is 21.6. The molecule has 37 heavy (non-hydrogen) atoms. The van der Waals surface area contributed by atoms with Crippen molar-refractivity contribution in [3.63, 3.8) is 0 Å². The van der Waals surface area contributed by atoms with Crippen LogP contribution >= 0.6 is 0 Å². The summed E-state index contributed by atoms with van der Waals surface area (Å²) >= 11 is 0. The summed E-state index contributed by atoms with van der Waals surface area (Å²) in [5, 5.41) is 4.43. The first-order valence-corrected chi connectivity index (χ1v) is 12.8. The van der Waals surface area contributed by atoms with Crippen molar-refractivity contribution in [3.05, 3.63) is 95.6 Å². The fourth-order valence-electron chi connectivity index (χ4n) is 4.81. The second-order valence-electron chi connectivity index (χ2n) is 10.9. The molecule has 3 aromatic carbocycles. The van der Waals surface area contributed by atoms with Crippen LogP contribution in [0, 0.1) is 17.2 Å². The van der Waals surface area contributed by atoms with Gasteiger partial charge in [0.1, 0.15) is 12.1 Å². The Kier molecular flexibility index (Phi) is 6.92. The minimum atomic E-state index is -0.578. The van der Waals surface area contributed by atoms with Gasteiger partial charge in [-0.05, 0) is 92.3 Å². The molecule has 190 valence electrons. The van der Waals surface area contributed by atoms with Crippen LogP contribution in [0.4, 0.5) is 4.39 Å². The molecule has 0 saturated carbocycles. The van der Waals surface area contributed by atoms with Crippen molar-refractivity contribution >= 4 is 5.97 Å². The van der Waals surface area contributed by atoms with Gasteiger partial charge in [0, 0.05) is 5.56 Å². The van der Waals surface area contributed by atoms with Crippen molar-refractivity contribution in [2.45, 2.75) is 53.2 Å². The van der Waals surface area contributed by atoms with Gasteiger partial charge in [-0.25, -0.2) is 14.1 Å². The number of nitrogens with zero attached hydrogens (tertiary/aromatic N) is 3. The predicted octanol–water partition coefficient (Wildman–Crippen LogP) is 6.65. The zero-order valence-corrected chi connectivity index (χ0v) is 21.6. The first kappa shape index (κ1) is 24.9. The number of halogens is 1. The van der Waals surface area contributed by atoms with Crippen LogP contribution in [-0.4, -0.2) is 20.7 Å². The van der Waals surface area contributed by atoms with E-state index in [9.17, 15) is 4.79 Å². The third kappa shape index (κ3) is 5.79. The molecule has 0 bridgehead atoms. The summed E-state index contributed by atoms with van der Waals surface area (Å²) in [6.45, 7) is 5.41. The van der Waals surface area contributed by atoms with Crippen molar-refractivity contribution in [2.24, 2.45) is 11.3 Å². The molecule has 1 aliphatic rings. The van der Waals surface area contributed by atoms with Gasteiger partial charge in [0.05, 0.1) is 5.41 Å². The average Bonchev–Trinajstić information content (AvgIpc) is 3.53. The van der Waals surface area contributed by atoms with E-state index in [1.165, 1.54) is 22.1 Å². The molecule has 1 aliphatic carbocycles.